The molecule has 2 rings (SSSR count). The average Bonchev–Trinajstić information content (AvgIpc) is 2.26. The van der Waals surface area contributed by atoms with Crippen LogP contribution in [0, 0.1) is 5.92 Å². The van der Waals surface area contributed by atoms with Gasteiger partial charge in [0.15, 0.2) is 0 Å². The molecule has 0 spiro atoms. The van der Waals surface area contributed by atoms with Crippen molar-refractivity contribution in [1.82, 2.24) is 4.31 Å². The Balaban J connectivity index is 2.17. The molecule has 0 aromatic heterocycles. The van der Waals surface area contributed by atoms with Gasteiger partial charge in [-0.1, -0.05) is 0 Å². The lowest BCUT2D eigenvalue weighted by Gasteiger charge is -2.35. The van der Waals surface area contributed by atoms with Gasteiger partial charge in [-0.05, 0) is 24.3 Å². The molecular formula is C11H12N2O5S. The molecule has 1 amide bonds. The molecule has 0 aliphatic carbocycles. The van der Waals surface area contributed by atoms with Gasteiger partial charge in [0.25, 0.3) is 0 Å². The van der Waals surface area contributed by atoms with Gasteiger partial charge in [0.2, 0.25) is 15.9 Å². The Labute approximate surface area is 109 Å². The van der Waals surface area contributed by atoms with Crippen molar-refractivity contribution in [1.29, 1.82) is 0 Å². The number of benzene rings is 1. The predicted molar refractivity (Wildman–Crippen MR) is 64.8 cm³/mol. The fraction of sp³-hybridized carbons (Fsp3) is 0.273. The summed E-state index contributed by atoms with van der Waals surface area (Å²) in [4.78, 5) is 21.5. The molecule has 7 nitrogen and oxygen atoms in total. The van der Waals surface area contributed by atoms with Crippen LogP contribution in [0.3, 0.4) is 0 Å². The Kier molecular flexibility index (Phi) is 3.29. The minimum absolute atomic E-state index is 0.0151. The highest BCUT2D eigenvalue weighted by atomic mass is 32.2. The molecule has 1 fully saturated rings. The summed E-state index contributed by atoms with van der Waals surface area (Å²) in [6.07, 6.45) is 0. The quantitative estimate of drug-likeness (QED) is 0.772. The second kappa shape index (κ2) is 4.63. The number of nitrogens with two attached hydrogens (primary N) is 1. The van der Waals surface area contributed by atoms with Crippen molar-refractivity contribution >= 4 is 21.9 Å². The van der Waals surface area contributed by atoms with Crippen molar-refractivity contribution in [2.75, 3.05) is 13.1 Å². The molecule has 1 aliphatic rings. The molecule has 102 valence electrons. The van der Waals surface area contributed by atoms with Crippen LogP contribution in [0.15, 0.2) is 29.2 Å². The Bertz CT molecular complexity index is 617. The van der Waals surface area contributed by atoms with Crippen molar-refractivity contribution in [2.24, 2.45) is 11.7 Å². The van der Waals surface area contributed by atoms with E-state index >= 15 is 0 Å². The highest BCUT2D eigenvalue weighted by molar-refractivity contribution is 7.89. The number of rotatable bonds is 4. The number of carboxylic acid groups (broad SMARTS) is 1. The standard InChI is InChI=1S/C11H12N2O5S/c12-10(14)7-1-3-9(4-2-7)19(17,18)13-5-8(6-13)11(15)16/h1-4,8H,5-6H2,(H2,12,14)(H,15,16). The van der Waals surface area contributed by atoms with Crippen LogP contribution in [0.4, 0.5) is 0 Å². The summed E-state index contributed by atoms with van der Waals surface area (Å²) in [6.45, 7) is -0.0650. The van der Waals surface area contributed by atoms with Gasteiger partial charge in [0, 0.05) is 18.7 Å². The third kappa shape index (κ3) is 2.45. The predicted octanol–water partition coefficient (Wildman–Crippen LogP) is -0.509. The van der Waals surface area contributed by atoms with Crippen molar-refractivity contribution < 1.29 is 23.1 Å². The summed E-state index contributed by atoms with van der Waals surface area (Å²) in [5.41, 5.74) is 5.27. The fourth-order valence-electron chi connectivity index (χ4n) is 1.73. The lowest BCUT2D eigenvalue weighted by atomic mass is 10.0. The monoisotopic (exact) mass is 284 g/mol. The first-order valence-corrected chi connectivity index (χ1v) is 6.89. The summed E-state index contributed by atoms with van der Waals surface area (Å²) in [5.74, 6) is -2.30. The summed E-state index contributed by atoms with van der Waals surface area (Å²) in [5, 5.41) is 8.71. The normalized spacial score (nSPS) is 16.8. The third-order valence-corrected chi connectivity index (χ3v) is 4.82. The number of nitrogens with zero attached hydrogens (tertiary/aromatic N) is 1. The second-order valence-corrected chi connectivity index (χ2v) is 6.18. The van der Waals surface area contributed by atoms with Gasteiger partial charge in [0.1, 0.15) is 0 Å². The van der Waals surface area contributed by atoms with Crippen molar-refractivity contribution in [3.05, 3.63) is 29.8 Å². The first-order chi connectivity index (χ1) is 8.82. The minimum Gasteiger partial charge on any atom is -0.481 e. The van der Waals surface area contributed by atoms with E-state index in [1.807, 2.05) is 0 Å². The van der Waals surface area contributed by atoms with E-state index < -0.39 is 27.8 Å². The van der Waals surface area contributed by atoms with E-state index in [0.717, 1.165) is 4.31 Å². The van der Waals surface area contributed by atoms with Crippen LogP contribution >= 0.6 is 0 Å². The highest BCUT2D eigenvalue weighted by Crippen LogP contribution is 2.25. The topological polar surface area (TPSA) is 118 Å². The summed E-state index contributed by atoms with van der Waals surface area (Å²) in [7, 11) is -3.69. The molecule has 0 unspecified atom stereocenters. The minimum atomic E-state index is -3.69. The van der Waals surface area contributed by atoms with Crippen molar-refractivity contribution in [2.45, 2.75) is 4.90 Å². The van der Waals surface area contributed by atoms with Crippen LogP contribution in [0.1, 0.15) is 10.4 Å². The number of hydrogen-bond donors (Lipinski definition) is 2. The largest absolute Gasteiger partial charge is 0.481 e. The average molecular weight is 284 g/mol. The first kappa shape index (κ1) is 13.5. The molecule has 8 heteroatoms. The summed E-state index contributed by atoms with van der Waals surface area (Å²) < 4.78 is 25.2. The van der Waals surface area contributed by atoms with Gasteiger partial charge in [0.05, 0.1) is 10.8 Å². The number of carbonyl (C=O) groups excluding carboxylic acids is 1. The fourth-order valence-corrected chi connectivity index (χ4v) is 3.26. The van der Waals surface area contributed by atoms with Crippen molar-refractivity contribution in [3.63, 3.8) is 0 Å². The molecule has 1 aromatic rings. The molecule has 1 heterocycles. The van der Waals surface area contributed by atoms with Crippen LogP contribution in [-0.2, 0) is 14.8 Å². The Morgan fingerprint density at radius 1 is 1.21 bits per heavy atom. The first-order valence-electron chi connectivity index (χ1n) is 5.45. The summed E-state index contributed by atoms with van der Waals surface area (Å²) in [6, 6.07) is 5.21. The maximum absolute atomic E-state index is 12.1. The van der Waals surface area contributed by atoms with Gasteiger partial charge >= 0.3 is 5.97 Å². The molecule has 0 atom stereocenters. The molecule has 1 aromatic carbocycles. The van der Waals surface area contributed by atoms with E-state index in [2.05, 4.69) is 0 Å². The van der Waals surface area contributed by atoms with Crippen molar-refractivity contribution in [3.8, 4) is 0 Å². The zero-order chi connectivity index (χ0) is 14.2. The number of carbonyl (C=O) groups is 2. The van der Waals surface area contributed by atoms with Gasteiger partial charge in [-0.3, -0.25) is 9.59 Å². The van der Waals surface area contributed by atoms with Gasteiger partial charge in [-0.25, -0.2) is 8.42 Å². The third-order valence-electron chi connectivity index (χ3n) is 2.97. The van der Waals surface area contributed by atoms with E-state index in [1.54, 1.807) is 0 Å². The molecule has 0 radical (unpaired) electrons. The SMILES string of the molecule is NC(=O)c1ccc(S(=O)(=O)N2CC(C(=O)O)C2)cc1. The molecule has 0 saturated carbocycles. The number of primary amides is 1. The van der Waals surface area contributed by atoms with Crippen LogP contribution < -0.4 is 5.73 Å². The van der Waals surface area contributed by atoms with E-state index in [9.17, 15) is 18.0 Å². The zero-order valence-corrected chi connectivity index (χ0v) is 10.6. The van der Waals surface area contributed by atoms with E-state index in [1.165, 1.54) is 24.3 Å². The van der Waals surface area contributed by atoms with Crippen LogP contribution in [-0.4, -0.2) is 42.8 Å². The highest BCUT2D eigenvalue weighted by Gasteiger charge is 2.40. The molecule has 19 heavy (non-hydrogen) atoms. The van der Waals surface area contributed by atoms with Gasteiger partial charge in [-0.2, -0.15) is 4.31 Å². The number of hydrogen-bond acceptors (Lipinski definition) is 4. The Morgan fingerprint density at radius 2 is 1.74 bits per heavy atom. The maximum atomic E-state index is 12.1. The molecular weight excluding hydrogens is 272 g/mol. The molecule has 1 saturated heterocycles. The smallest absolute Gasteiger partial charge is 0.309 e. The summed E-state index contributed by atoms with van der Waals surface area (Å²) >= 11 is 0. The number of amides is 1. The molecule has 3 N–H and O–H groups in total. The van der Waals surface area contributed by atoms with Gasteiger partial charge in [-0.15, -0.1) is 0 Å². The number of carboxylic acids is 1. The Morgan fingerprint density at radius 3 is 2.16 bits per heavy atom. The van der Waals surface area contributed by atoms with Gasteiger partial charge < -0.3 is 10.8 Å². The molecule has 0 bridgehead atoms. The second-order valence-electron chi connectivity index (χ2n) is 4.25. The van der Waals surface area contributed by atoms with E-state index in [-0.39, 0.29) is 23.5 Å². The van der Waals surface area contributed by atoms with Crippen LogP contribution in [0.2, 0.25) is 0 Å². The zero-order valence-electron chi connectivity index (χ0n) is 9.81. The lowest BCUT2D eigenvalue weighted by Crippen LogP contribution is -2.52. The Hall–Kier alpha value is -1.93. The maximum Gasteiger partial charge on any atom is 0.309 e. The van der Waals surface area contributed by atoms with E-state index in [4.69, 9.17) is 10.8 Å². The van der Waals surface area contributed by atoms with Crippen LogP contribution in [0.25, 0.3) is 0 Å². The molecule has 1 aliphatic heterocycles. The van der Waals surface area contributed by atoms with Crippen LogP contribution in [0.5, 0.6) is 0 Å². The number of aliphatic carboxylic acids is 1. The lowest BCUT2D eigenvalue weighted by molar-refractivity contribution is -0.145. The van der Waals surface area contributed by atoms with E-state index in [0.29, 0.717) is 0 Å². The number of sulfonamides is 1.